The second-order valence-corrected chi connectivity index (χ2v) is 23.5. The van der Waals surface area contributed by atoms with E-state index in [1.165, 1.54) is 250 Å². The molecule has 0 bridgehead atoms. The lowest BCUT2D eigenvalue weighted by molar-refractivity contribution is -0.870. The molecule has 0 radical (unpaired) electrons. The molecule has 69 heavy (non-hydrogen) atoms. The zero-order chi connectivity index (χ0) is 50.6. The van der Waals surface area contributed by atoms with E-state index in [-0.39, 0.29) is 32.0 Å². The molecule has 0 aromatic heterocycles. The van der Waals surface area contributed by atoms with Gasteiger partial charge in [0.1, 0.15) is 19.8 Å². The molecule has 0 aromatic carbocycles. The number of phosphoric ester groups is 1. The fourth-order valence-electron chi connectivity index (χ4n) is 9.19. The Morgan fingerprint density at radius 2 is 0.652 bits per heavy atom. The SMILES string of the molecule is CCCCCCCCCCCCCCCCCCCCCCCCCC(=O)O[C@H](COC(=O)CCCCCCCCCCCCCCCCCCCCCCCC)COP(=O)([O-])OCC[N+](C)(C)C. The van der Waals surface area contributed by atoms with Gasteiger partial charge in [0.05, 0.1) is 27.7 Å². The van der Waals surface area contributed by atoms with Gasteiger partial charge in [-0.2, -0.15) is 0 Å². The summed E-state index contributed by atoms with van der Waals surface area (Å²) in [7, 11) is 1.19. The first kappa shape index (κ1) is 68.0. The van der Waals surface area contributed by atoms with Crippen LogP contribution in [0.3, 0.4) is 0 Å². The zero-order valence-electron chi connectivity index (χ0n) is 46.8. The summed E-state index contributed by atoms with van der Waals surface area (Å²) in [6.45, 7) is 4.32. The molecule has 0 aliphatic rings. The van der Waals surface area contributed by atoms with Crippen LogP contribution in [0.4, 0.5) is 0 Å². The maximum absolute atomic E-state index is 12.8. The summed E-state index contributed by atoms with van der Waals surface area (Å²) in [6.07, 6.45) is 58.7. The van der Waals surface area contributed by atoms with Crippen molar-refractivity contribution in [2.45, 2.75) is 322 Å². The summed E-state index contributed by atoms with van der Waals surface area (Å²) in [5, 5.41) is 0. The molecule has 0 spiro atoms. The van der Waals surface area contributed by atoms with Gasteiger partial charge in [-0.3, -0.25) is 14.2 Å². The van der Waals surface area contributed by atoms with Crippen LogP contribution in [0.1, 0.15) is 316 Å². The molecule has 1 unspecified atom stereocenters. The molecule has 0 heterocycles. The number of nitrogens with zero attached hydrogens (tertiary/aromatic N) is 1. The molecule has 0 aromatic rings. The molecule has 0 rings (SSSR count). The third kappa shape index (κ3) is 56.2. The van der Waals surface area contributed by atoms with Gasteiger partial charge in [-0.1, -0.05) is 290 Å². The third-order valence-corrected chi connectivity index (χ3v) is 14.8. The molecule has 412 valence electrons. The highest BCUT2D eigenvalue weighted by molar-refractivity contribution is 7.45. The van der Waals surface area contributed by atoms with Gasteiger partial charge < -0.3 is 27.9 Å². The first-order chi connectivity index (χ1) is 33.5. The van der Waals surface area contributed by atoms with Gasteiger partial charge in [0.25, 0.3) is 7.82 Å². The van der Waals surface area contributed by atoms with Gasteiger partial charge in [0, 0.05) is 12.8 Å². The van der Waals surface area contributed by atoms with Crippen LogP contribution < -0.4 is 4.89 Å². The fourth-order valence-corrected chi connectivity index (χ4v) is 9.92. The zero-order valence-corrected chi connectivity index (χ0v) is 47.7. The number of rotatable bonds is 57. The van der Waals surface area contributed by atoms with E-state index in [4.69, 9.17) is 18.5 Å². The molecule has 0 saturated heterocycles. The van der Waals surface area contributed by atoms with Crippen molar-refractivity contribution >= 4 is 19.8 Å². The highest BCUT2D eigenvalue weighted by atomic mass is 31.2. The van der Waals surface area contributed by atoms with Gasteiger partial charge in [-0.25, -0.2) is 0 Å². The summed E-state index contributed by atoms with van der Waals surface area (Å²) in [5.41, 5.74) is 0. The average molecular weight is 1000 g/mol. The van der Waals surface area contributed by atoms with Gasteiger partial charge in [0.15, 0.2) is 6.10 Å². The Morgan fingerprint density at radius 3 is 0.928 bits per heavy atom. The third-order valence-electron chi connectivity index (χ3n) is 13.9. The summed E-state index contributed by atoms with van der Waals surface area (Å²) < 4.78 is 34.2. The first-order valence-corrected chi connectivity index (χ1v) is 31.7. The lowest BCUT2D eigenvalue weighted by Gasteiger charge is -2.28. The van der Waals surface area contributed by atoms with Crippen molar-refractivity contribution in [1.82, 2.24) is 0 Å². The Balaban J connectivity index is 4.08. The lowest BCUT2D eigenvalue weighted by Crippen LogP contribution is -2.37. The van der Waals surface area contributed by atoms with Gasteiger partial charge >= 0.3 is 11.9 Å². The Bertz CT molecular complexity index is 1130. The quantitative estimate of drug-likeness (QED) is 0.0256. The summed E-state index contributed by atoms with van der Waals surface area (Å²) >= 11 is 0. The maximum atomic E-state index is 12.8. The Kier molecular flexibility index (Phi) is 51.1. The number of quaternary nitrogens is 1. The Labute approximate surface area is 429 Å². The van der Waals surface area contributed by atoms with E-state index in [1.54, 1.807) is 0 Å². The molecule has 2 atom stereocenters. The standard InChI is InChI=1S/C59H118NO8P/c1-6-8-10-12-14-16-18-20-22-24-26-28-30-32-34-36-38-40-42-44-46-48-50-52-59(62)68-57(56-67-69(63,64)66-54-53-60(3,4)5)55-65-58(61)51-49-47-45-43-41-39-37-35-33-31-29-27-25-23-21-19-17-15-13-11-9-7-2/h57H,6-56H2,1-5H3/t57-/m1/s1. The highest BCUT2D eigenvalue weighted by Gasteiger charge is 2.22. The van der Waals surface area contributed by atoms with E-state index in [1.807, 2.05) is 21.1 Å². The number of ether oxygens (including phenoxy) is 2. The van der Waals surface area contributed by atoms with Crippen LogP contribution in [0.5, 0.6) is 0 Å². The van der Waals surface area contributed by atoms with Gasteiger partial charge in [-0.05, 0) is 12.8 Å². The number of likely N-dealkylation sites (N-methyl/N-ethyl adjacent to an activating group) is 1. The normalized spacial score (nSPS) is 13.2. The number of hydrogen-bond acceptors (Lipinski definition) is 8. The molecular formula is C59H118NO8P. The van der Waals surface area contributed by atoms with Crippen molar-refractivity contribution in [1.29, 1.82) is 0 Å². The van der Waals surface area contributed by atoms with Crippen LogP contribution in [-0.2, 0) is 32.7 Å². The molecule has 10 heteroatoms. The number of hydrogen-bond donors (Lipinski definition) is 0. The van der Waals surface area contributed by atoms with Crippen LogP contribution in [0, 0.1) is 0 Å². The number of carbonyl (C=O) groups is 2. The van der Waals surface area contributed by atoms with Crippen molar-refractivity contribution in [3.05, 3.63) is 0 Å². The first-order valence-electron chi connectivity index (χ1n) is 30.2. The van der Waals surface area contributed by atoms with E-state index in [0.29, 0.717) is 17.4 Å². The van der Waals surface area contributed by atoms with E-state index >= 15 is 0 Å². The van der Waals surface area contributed by atoms with Crippen molar-refractivity contribution in [2.75, 3.05) is 47.5 Å². The molecule has 0 amide bonds. The number of esters is 2. The van der Waals surface area contributed by atoms with E-state index in [0.717, 1.165) is 32.1 Å². The minimum atomic E-state index is -4.63. The van der Waals surface area contributed by atoms with Crippen molar-refractivity contribution in [2.24, 2.45) is 0 Å². The summed E-state index contributed by atoms with van der Waals surface area (Å²) in [4.78, 5) is 37.9. The van der Waals surface area contributed by atoms with Crippen molar-refractivity contribution in [3.63, 3.8) is 0 Å². The summed E-state index contributed by atoms with van der Waals surface area (Å²) in [5.74, 6) is -0.807. The second-order valence-electron chi connectivity index (χ2n) is 22.1. The minimum Gasteiger partial charge on any atom is -0.756 e. The second kappa shape index (κ2) is 51.9. The molecule has 0 fully saturated rings. The number of phosphoric acid groups is 1. The van der Waals surface area contributed by atoms with Gasteiger partial charge in [-0.15, -0.1) is 0 Å². The van der Waals surface area contributed by atoms with Crippen LogP contribution in [0.25, 0.3) is 0 Å². The van der Waals surface area contributed by atoms with Crippen LogP contribution in [-0.4, -0.2) is 70.0 Å². The van der Waals surface area contributed by atoms with E-state index < -0.39 is 26.5 Å². The predicted octanol–water partition coefficient (Wildman–Crippen LogP) is 18.0. The average Bonchev–Trinajstić information content (AvgIpc) is 3.31. The van der Waals surface area contributed by atoms with E-state index in [2.05, 4.69) is 13.8 Å². The monoisotopic (exact) mass is 1000 g/mol. The predicted molar refractivity (Wildman–Crippen MR) is 292 cm³/mol. The number of unbranched alkanes of at least 4 members (excludes halogenated alkanes) is 43. The molecular weight excluding hydrogens is 882 g/mol. The largest absolute Gasteiger partial charge is 0.756 e. The highest BCUT2D eigenvalue weighted by Crippen LogP contribution is 2.38. The van der Waals surface area contributed by atoms with Crippen LogP contribution in [0.15, 0.2) is 0 Å². The lowest BCUT2D eigenvalue weighted by atomic mass is 10.0. The molecule has 0 saturated carbocycles. The minimum absolute atomic E-state index is 0.0250. The smallest absolute Gasteiger partial charge is 0.306 e. The molecule has 9 nitrogen and oxygen atoms in total. The van der Waals surface area contributed by atoms with E-state index in [9.17, 15) is 19.0 Å². The Morgan fingerprint density at radius 1 is 0.391 bits per heavy atom. The molecule has 0 aliphatic carbocycles. The van der Waals surface area contributed by atoms with Crippen molar-refractivity contribution in [3.8, 4) is 0 Å². The van der Waals surface area contributed by atoms with Gasteiger partial charge in [0.2, 0.25) is 0 Å². The maximum Gasteiger partial charge on any atom is 0.306 e. The summed E-state index contributed by atoms with van der Waals surface area (Å²) in [6, 6.07) is 0. The van der Waals surface area contributed by atoms with Crippen LogP contribution >= 0.6 is 7.82 Å². The number of carbonyl (C=O) groups excluding carboxylic acids is 2. The molecule has 0 aliphatic heterocycles. The Hall–Kier alpha value is -0.990. The topological polar surface area (TPSA) is 111 Å². The fraction of sp³-hybridized carbons (Fsp3) is 0.966. The van der Waals surface area contributed by atoms with Crippen LogP contribution in [0.2, 0.25) is 0 Å². The molecule has 0 N–H and O–H groups in total. The van der Waals surface area contributed by atoms with Crippen molar-refractivity contribution < 1.29 is 42.1 Å².